The van der Waals surface area contributed by atoms with Crippen LogP contribution < -0.4 is 5.32 Å². The third-order valence-electron chi connectivity index (χ3n) is 7.08. The molecule has 1 aliphatic heterocycles. The molecular weight excluding hydrogens is 582 g/mol. The van der Waals surface area contributed by atoms with Crippen LogP contribution in [0.1, 0.15) is 53.4 Å². The lowest BCUT2D eigenvalue weighted by Crippen LogP contribution is -2.63. The van der Waals surface area contributed by atoms with E-state index >= 15 is 0 Å². The number of nitrogens with zero attached hydrogens (tertiary/aromatic N) is 4. The van der Waals surface area contributed by atoms with E-state index in [4.69, 9.17) is 14.2 Å². The van der Waals surface area contributed by atoms with Gasteiger partial charge in [0.05, 0.1) is 51.9 Å². The van der Waals surface area contributed by atoms with E-state index in [-0.39, 0.29) is 65.1 Å². The minimum absolute atomic E-state index is 0.00316. The van der Waals surface area contributed by atoms with Crippen molar-refractivity contribution in [2.24, 2.45) is 0 Å². The highest BCUT2D eigenvalue weighted by molar-refractivity contribution is 7.88. The molecule has 0 aromatic rings. The maximum Gasteiger partial charge on any atom is 0.320 e. The topological polar surface area (TPSA) is 158 Å². The summed E-state index contributed by atoms with van der Waals surface area (Å²) in [5.74, 6) is -1.24. The summed E-state index contributed by atoms with van der Waals surface area (Å²) in [6.45, 7) is 10.2. The predicted molar refractivity (Wildman–Crippen MR) is 163 cm³/mol. The van der Waals surface area contributed by atoms with Gasteiger partial charge in [0.25, 0.3) is 0 Å². The standard InChI is InChI=1S/C28H55N5O9S/c1-6-10-14-33(43(5,38)39)28-24(12-11-20-34)29-13-15-30(21-25(35)40-7-2)16-17-31(22-26(36)41-8-3)18-19-32(28)23-27(37)42-9-4/h24,28-29,34H,6-23H2,1-5H3. The van der Waals surface area contributed by atoms with Crippen LogP contribution in [0.25, 0.3) is 0 Å². The molecule has 0 amide bonds. The van der Waals surface area contributed by atoms with Gasteiger partial charge < -0.3 is 24.6 Å². The Morgan fingerprint density at radius 3 is 1.81 bits per heavy atom. The second kappa shape index (κ2) is 21.8. The van der Waals surface area contributed by atoms with Crippen LogP contribution in [0, 0.1) is 0 Å². The molecule has 1 heterocycles. The zero-order valence-corrected chi connectivity index (χ0v) is 27.6. The van der Waals surface area contributed by atoms with Crippen LogP contribution in [0.15, 0.2) is 0 Å². The lowest BCUT2D eigenvalue weighted by Gasteiger charge is -2.44. The van der Waals surface area contributed by atoms with Crippen LogP contribution in [0.5, 0.6) is 0 Å². The van der Waals surface area contributed by atoms with Crippen LogP contribution in [0.4, 0.5) is 0 Å². The smallest absolute Gasteiger partial charge is 0.320 e. The second-order valence-corrected chi connectivity index (χ2v) is 12.4. The van der Waals surface area contributed by atoms with E-state index in [1.165, 1.54) is 10.6 Å². The Labute approximate surface area is 258 Å². The number of ether oxygens (including phenoxy) is 3. The summed E-state index contributed by atoms with van der Waals surface area (Å²) in [6.07, 6.45) is 2.61. The fraction of sp³-hybridized carbons (Fsp3) is 0.893. The van der Waals surface area contributed by atoms with Gasteiger partial charge in [0, 0.05) is 58.5 Å². The van der Waals surface area contributed by atoms with Crippen LogP contribution in [-0.4, -0.2) is 161 Å². The molecule has 1 rings (SSSR count). The lowest BCUT2D eigenvalue weighted by atomic mass is 10.1. The predicted octanol–water partition coefficient (Wildman–Crippen LogP) is -0.286. The molecule has 2 atom stereocenters. The van der Waals surface area contributed by atoms with Gasteiger partial charge in [0.2, 0.25) is 10.0 Å². The number of carbonyl (C=O) groups excluding carboxylic acids is 3. The summed E-state index contributed by atoms with van der Waals surface area (Å²) in [7, 11) is -3.74. The summed E-state index contributed by atoms with van der Waals surface area (Å²) in [4.78, 5) is 43.4. The molecule has 2 unspecified atom stereocenters. The minimum Gasteiger partial charge on any atom is -0.465 e. The number of hydrogen-bond donors (Lipinski definition) is 2. The van der Waals surface area contributed by atoms with E-state index in [0.29, 0.717) is 52.0 Å². The van der Waals surface area contributed by atoms with Gasteiger partial charge in [-0.1, -0.05) is 13.3 Å². The SMILES string of the molecule is CCCCN(C1C(CCCO)NCCN(CC(=O)OCC)CCN(CC(=O)OCC)CCN1CC(=O)OCC)S(C)(=O)=O. The molecule has 2 N–H and O–H groups in total. The number of unbranched alkanes of at least 4 members (excludes halogenated alkanes) is 1. The van der Waals surface area contributed by atoms with Gasteiger partial charge in [-0.25, -0.2) is 8.42 Å². The quantitative estimate of drug-likeness (QED) is 0.159. The molecule has 0 saturated carbocycles. The zero-order chi connectivity index (χ0) is 32.3. The monoisotopic (exact) mass is 637 g/mol. The molecule has 0 radical (unpaired) electrons. The van der Waals surface area contributed by atoms with Crippen molar-refractivity contribution in [1.29, 1.82) is 0 Å². The van der Waals surface area contributed by atoms with Crippen molar-refractivity contribution in [3.8, 4) is 0 Å². The van der Waals surface area contributed by atoms with Gasteiger partial charge in [-0.3, -0.25) is 29.1 Å². The van der Waals surface area contributed by atoms with Crippen molar-refractivity contribution in [1.82, 2.24) is 24.3 Å². The average Bonchev–Trinajstić information content (AvgIpc) is 2.92. The number of sulfonamides is 1. The van der Waals surface area contributed by atoms with Crippen LogP contribution in [-0.2, 0) is 38.6 Å². The number of aliphatic hydroxyl groups excluding tert-OH is 1. The maximum absolute atomic E-state index is 13.3. The first-order valence-electron chi connectivity index (χ1n) is 15.5. The third kappa shape index (κ3) is 15.6. The van der Waals surface area contributed by atoms with Gasteiger partial charge in [-0.15, -0.1) is 0 Å². The second-order valence-electron chi connectivity index (χ2n) is 10.5. The summed E-state index contributed by atoms with van der Waals surface area (Å²) in [5.41, 5.74) is 0. The maximum atomic E-state index is 13.3. The molecule has 252 valence electrons. The number of hydrogen-bond acceptors (Lipinski definition) is 13. The first-order chi connectivity index (χ1) is 20.5. The van der Waals surface area contributed by atoms with Crippen molar-refractivity contribution < 1.29 is 42.1 Å². The molecule has 15 heteroatoms. The summed E-state index contributed by atoms with van der Waals surface area (Å²) in [6, 6.07) is -0.462. The van der Waals surface area contributed by atoms with Crippen molar-refractivity contribution in [3.05, 3.63) is 0 Å². The van der Waals surface area contributed by atoms with Crippen molar-refractivity contribution in [2.75, 3.05) is 98.1 Å². The van der Waals surface area contributed by atoms with Gasteiger partial charge in [-0.05, 0) is 40.0 Å². The highest BCUT2D eigenvalue weighted by Gasteiger charge is 2.38. The summed E-state index contributed by atoms with van der Waals surface area (Å²) < 4.78 is 43.6. The molecular formula is C28H55N5O9S. The Kier molecular flexibility index (Phi) is 19.8. The Bertz CT molecular complexity index is 924. The molecule has 14 nitrogen and oxygen atoms in total. The number of rotatable bonds is 17. The van der Waals surface area contributed by atoms with Crippen LogP contribution in [0.3, 0.4) is 0 Å². The van der Waals surface area contributed by atoms with Crippen LogP contribution >= 0.6 is 0 Å². The molecule has 0 bridgehead atoms. The molecule has 0 spiro atoms. The molecule has 1 aliphatic rings. The molecule has 1 saturated heterocycles. The highest BCUT2D eigenvalue weighted by atomic mass is 32.2. The van der Waals surface area contributed by atoms with Crippen molar-refractivity contribution in [2.45, 2.75) is 65.6 Å². The average molecular weight is 638 g/mol. The fourth-order valence-electron chi connectivity index (χ4n) is 5.07. The Morgan fingerprint density at radius 1 is 0.814 bits per heavy atom. The number of carbonyl (C=O) groups is 3. The molecule has 1 fully saturated rings. The summed E-state index contributed by atoms with van der Waals surface area (Å²) >= 11 is 0. The summed E-state index contributed by atoms with van der Waals surface area (Å²) in [5, 5.41) is 13.2. The van der Waals surface area contributed by atoms with E-state index in [0.717, 1.165) is 6.42 Å². The van der Waals surface area contributed by atoms with Gasteiger partial charge in [-0.2, -0.15) is 4.31 Å². The van der Waals surface area contributed by atoms with E-state index in [1.807, 2.05) is 16.7 Å². The largest absolute Gasteiger partial charge is 0.465 e. The molecule has 0 aromatic carbocycles. The highest BCUT2D eigenvalue weighted by Crippen LogP contribution is 2.20. The lowest BCUT2D eigenvalue weighted by molar-refractivity contribution is -0.147. The van der Waals surface area contributed by atoms with Crippen molar-refractivity contribution in [3.63, 3.8) is 0 Å². The molecule has 0 aliphatic carbocycles. The number of aliphatic hydroxyl groups is 1. The first-order valence-corrected chi connectivity index (χ1v) is 17.3. The first kappa shape index (κ1) is 39.1. The van der Waals surface area contributed by atoms with Gasteiger partial charge in [0.15, 0.2) is 0 Å². The normalized spacial score (nSPS) is 20.3. The van der Waals surface area contributed by atoms with Crippen LogP contribution in [0.2, 0.25) is 0 Å². The van der Waals surface area contributed by atoms with E-state index in [2.05, 4.69) is 5.32 Å². The zero-order valence-electron chi connectivity index (χ0n) is 26.8. The van der Waals surface area contributed by atoms with E-state index < -0.39 is 34.2 Å². The Hall–Kier alpha value is -1.88. The third-order valence-corrected chi connectivity index (χ3v) is 8.33. The van der Waals surface area contributed by atoms with E-state index in [9.17, 15) is 27.9 Å². The number of nitrogens with one attached hydrogen (secondary N) is 1. The number of esters is 3. The Morgan fingerprint density at radius 2 is 1.33 bits per heavy atom. The fourth-order valence-corrected chi connectivity index (χ4v) is 6.20. The minimum atomic E-state index is -3.74. The van der Waals surface area contributed by atoms with Gasteiger partial charge >= 0.3 is 17.9 Å². The van der Waals surface area contributed by atoms with Crippen molar-refractivity contribution >= 4 is 27.9 Å². The van der Waals surface area contributed by atoms with E-state index in [1.54, 1.807) is 25.7 Å². The Balaban J connectivity index is 3.61. The van der Waals surface area contributed by atoms with Gasteiger partial charge in [0.1, 0.15) is 0 Å². The molecule has 0 aromatic heterocycles. The molecule has 43 heavy (non-hydrogen) atoms.